The summed E-state index contributed by atoms with van der Waals surface area (Å²) >= 11 is 0. The summed E-state index contributed by atoms with van der Waals surface area (Å²) in [5.74, 6) is 0. The summed E-state index contributed by atoms with van der Waals surface area (Å²) in [4.78, 5) is 2.24. The average Bonchev–Trinajstić information content (AvgIpc) is 2.11. The zero-order chi connectivity index (χ0) is 8.27. The molecular weight excluding hydrogens is 142 g/mol. The SMILES string of the molecule is CC1CN(C)CCC(CO)O1. The van der Waals surface area contributed by atoms with Gasteiger partial charge in [0.15, 0.2) is 0 Å². The van der Waals surface area contributed by atoms with Crippen LogP contribution in [0.15, 0.2) is 0 Å². The zero-order valence-corrected chi connectivity index (χ0v) is 7.29. The van der Waals surface area contributed by atoms with Crippen LogP contribution in [-0.4, -0.2) is 49.0 Å². The summed E-state index contributed by atoms with van der Waals surface area (Å²) in [7, 11) is 2.08. The van der Waals surface area contributed by atoms with Crippen molar-refractivity contribution >= 4 is 0 Å². The maximum atomic E-state index is 8.88. The van der Waals surface area contributed by atoms with Gasteiger partial charge in [0, 0.05) is 13.1 Å². The molecule has 0 aliphatic carbocycles. The zero-order valence-electron chi connectivity index (χ0n) is 7.29. The molecule has 0 aromatic carbocycles. The van der Waals surface area contributed by atoms with Crippen LogP contribution in [0.5, 0.6) is 0 Å². The lowest BCUT2D eigenvalue weighted by Gasteiger charge is -2.16. The molecule has 11 heavy (non-hydrogen) atoms. The highest BCUT2D eigenvalue weighted by Gasteiger charge is 2.18. The molecule has 2 unspecified atom stereocenters. The quantitative estimate of drug-likeness (QED) is 0.588. The van der Waals surface area contributed by atoms with Gasteiger partial charge in [-0.25, -0.2) is 0 Å². The molecular formula is C8H17NO2. The van der Waals surface area contributed by atoms with Crippen molar-refractivity contribution in [3.63, 3.8) is 0 Å². The number of aliphatic hydroxyl groups is 1. The molecule has 0 radical (unpaired) electrons. The van der Waals surface area contributed by atoms with E-state index < -0.39 is 0 Å². The molecule has 3 heteroatoms. The number of nitrogens with zero attached hydrogens (tertiary/aromatic N) is 1. The fraction of sp³-hybridized carbons (Fsp3) is 1.00. The summed E-state index contributed by atoms with van der Waals surface area (Å²) in [6, 6.07) is 0. The first kappa shape index (κ1) is 8.97. The van der Waals surface area contributed by atoms with E-state index in [0.717, 1.165) is 19.5 Å². The summed E-state index contributed by atoms with van der Waals surface area (Å²) < 4.78 is 5.54. The molecule has 1 saturated heterocycles. The van der Waals surface area contributed by atoms with Gasteiger partial charge in [0.25, 0.3) is 0 Å². The maximum absolute atomic E-state index is 8.88. The van der Waals surface area contributed by atoms with Gasteiger partial charge in [-0.15, -0.1) is 0 Å². The van der Waals surface area contributed by atoms with Gasteiger partial charge < -0.3 is 14.7 Å². The Morgan fingerprint density at radius 3 is 3.00 bits per heavy atom. The van der Waals surface area contributed by atoms with Crippen molar-refractivity contribution in [2.24, 2.45) is 0 Å². The highest BCUT2D eigenvalue weighted by Crippen LogP contribution is 2.09. The fourth-order valence-electron chi connectivity index (χ4n) is 1.47. The van der Waals surface area contributed by atoms with Gasteiger partial charge in [-0.3, -0.25) is 0 Å². The van der Waals surface area contributed by atoms with Gasteiger partial charge >= 0.3 is 0 Å². The predicted octanol–water partition coefficient (Wildman–Crippen LogP) is 0.0879. The fourth-order valence-corrected chi connectivity index (χ4v) is 1.47. The molecule has 0 amide bonds. The van der Waals surface area contributed by atoms with Crippen LogP contribution in [0.4, 0.5) is 0 Å². The van der Waals surface area contributed by atoms with E-state index in [1.54, 1.807) is 0 Å². The second-order valence-corrected chi connectivity index (χ2v) is 3.30. The first-order valence-corrected chi connectivity index (χ1v) is 4.17. The average molecular weight is 159 g/mol. The van der Waals surface area contributed by atoms with Gasteiger partial charge in [0.05, 0.1) is 18.8 Å². The number of hydrogen-bond donors (Lipinski definition) is 1. The Morgan fingerprint density at radius 1 is 1.64 bits per heavy atom. The van der Waals surface area contributed by atoms with Crippen molar-refractivity contribution in [3.8, 4) is 0 Å². The van der Waals surface area contributed by atoms with E-state index in [0.29, 0.717) is 0 Å². The Kier molecular flexibility index (Phi) is 3.30. The van der Waals surface area contributed by atoms with Crippen LogP contribution in [0.3, 0.4) is 0 Å². The molecule has 1 rings (SSSR count). The standard InChI is InChI=1S/C8H17NO2/c1-7-5-9(2)4-3-8(6-10)11-7/h7-8,10H,3-6H2,1-2H3. The molecule has 1 aliphatic rings. The summed E-state index contributed by atoms with van der Waals surface area (Å²) in [6.45, 7) is 4.19. The number of hydrogen-bond acceptors (Lipinski definition) is 3. The summed E-state index contributed by atoms with van der Waals surface area (Å²) in [5.41, 5.74) is 0. The Bertz CT molecular complexity index is 119. The van der Waals surface area contributed by atoms with E-state index >= 15 is 0 Å². The molecule has 1 aliphatic heterocycles. The number of rotatable bonds is 1. The van der Waals surface area contributed by atoms with Crippen molar-refractivity contribution in [2.75, 3.05) is 26.7 Å². The van der Waals surface area contributed by atoms with Crippen LogP contribution >= 0.6 is 0 Å². The van der Waals surface area contributed by atoms with Crippen LogP contribution in [0, 0.1) is 0 Å². The van der Waals surface area contributed by atoms with Crippen molar-refractivity contribution in [2.45, 2.75) is 25.6 Å². The molecule has 1 heterocycles. The summed E-state index contributed by atoms with van der Waals surface area (Å²) in [6.07, 6.45) is 1.24. The third-order valence-corrected chi connectivity index (χ3v) is 2.03. The molecule has 0 spiro atoms. The Hall–Kier alpha value is -0.120. The van der Waals surface area contributed by atoms with Crippen LogP contribution in [0.2, 0.25) is 0 Å². The minimum Gasteiger partial charge on any atom is -0.394 e. The first-order valence-electron chi connectivity index (χ1n) is 4.17. The lowest BCUT2D eigenvalue weighted by Crippen LogP contribution is -2.26. The lowest BCUT2D eigenvalue weighted by atomic mass is 10.2. The van der Waals surface area contributed by atoms with E-state index in [-0.39, 0.29) is 18.8 Å². The molecule has 66 valence electrons. The second kappa shape index (κ2) is 4.04. The number of likely N-dealkylation sites (N-methyl/N-ethyl adjacent to an activating group) is 1. The molecule has 0 aromatic heterocycles. The van der Waals surface area contributed by atoms with Crippen molar-refractivity contribution in [3.05, 3.63) is 0 Å². The molecule has 0 saturated carbocycles. The summed E-state index contributed by atoms with van der Waals surface area (Å²) in [5, 5.41) is 8.88. The Balaban J connectivity index is 2.39. The minimum absolute atomic E-state index is 0.0509. The van der Waals surface area contributed by atoms with Gasteiger partial charge in [0.1, 0.15) is 0 Å². The maximum Gasteiger partial charge on any atom is 0.0822 e. The second-order valence-electron chi connectivity index (χ2n) is 3.30. The number of ether oxygens (including phenoxy) is 1. The van der Waals surface area contributed by atoms with Gasteiger partial charge in [-0.1, -0.05) is 0 Å². The van der Waals surface area contributed by atoms with Gasteiger partial charge in [-0.05, 0) is 20.4 Å². The minimum atomic E-state index is 0.0509. The molecule has 2 atom stereocenters. The van der Waals surface area contributed by atoms with Crippen molar-refractivity contribution in [1.29, 1.82) is 0 Å². The van der Waals surface area contributed by atoms with Crippen LogP contribution in [0.1, 0.15) is 13.3 Å². The highest BCUT2D eigenvalue weighted by molar-refractivity contribution is 4.69. The van der Waals surface area contributed by atoms with Crippen LogP contribution < -0.4 is 0 Å². The third kappa shape index (κ3) is 2.77. The monoisotopic (exact) mass is 159 g/mol. The molecule has 1 fully saturated rings. The van der Waals surface area contributed by atoms with E-state index in [4.69, 9.17) is 9.84 Å². The van der Waals surface area contributed by atoms with Crippen LogP contribution in [-0.2, 0) is 4.74 Å². The van der Waals surface area contributed by atoms with E-state index in [1.807, 2.05) is 6.92 Å². The van der Waals surface area contributed by atoms with E-state index in [9.17, 15) is 0 Å². The van der Waals surface area contributed by atoms with E-state index in [1.165, 1.54) is 0 Å². The topological polar surface area (TPSA) is 32.7 Å². The molecule has 1 N–H and O–H groups in total. The van der Waals surface area contributed by atoms with Gasteiger partial charge in [0.2, 0.25) is 0 Å². The molecule has 0 bridgehead atoms. The largest absolute Gasteiger partial charge is 0.394 e. The predicted molar refractivity (Wildman–Crippen MR) is 43.5 cm³/mol. The molecule has 3 nitrogen and oxygen atoms in total. The Morgan fingerprint density at radius 2 is 2.36 bits per heavy atom. The van der Waals surface area contributed by atoms with Crippen molar-refractivity contribution < 1.29 is 9.84 Å². The lowest BCUT2D eigenvalue weighted by molar-refractivity contribution is -0.0236. The molecule has 0 aromatic rings. The normalized spacial score (nSPS) is 35.2. The smallest absolute Gasteiger partial charge is 0.0822 e. The Labute approximate surface area is 68.0 Å². The van der Waals surface area contributed by atoms with Crippen LogP contribution in [0.25, 0.3) is 0 Å². The van der Waals surface area contributed by atoms with Crippen molar-refractivity contribution in [1.82, 2.24) is 4.90 Å². The van der Waals surface area contributed by atoms with Gasteiger partial charge in [-0.2, -0.15) is 0 Å². The third-order valence-electron chi connectivity index (χ3n) is 2.03. The highest BCUT2D eigenvalue weighted by atomic mass is 16.5. The van der Waals surface area contributed by atoms with E-state index in [2.05, 4.69) is 11.9 Å². The first-order chi connectivity index (χ1) is 5.22. The number of aliphatic hydroxyl groups excluding tert-OH is 1.